The summed E-state index contributed by atoms with van der Waals surface area (Å²) in [5, 5.41) is 20.5. The lowest BCUT2D eigenvalue weighted by Crippen LogP contribution is -2.22. The highest BCUT2D eigenvalue weighted by Crippen LogP contribution is 2.63. The first-order chi connectivity index (χ1) is 7.18. The first-order valence-corrected chi connectivity index (χ1v) is 5.05. The molecule has 2 unspecified atom stereocenters. The van der Waals surface area contributed by atoms with Crippen LogP contribution in [-0.4, -0.2) is 21.4 Å². The molecule has 0 aliphatic heterocycles. The maximum atomic E-state index is 10.2. The van der Waals surface area contributed by atoms with Crippen LogP contribution in [0.25, 0.3) is 0 Å². The molecule has 2 aliphatic rings. The molecule has 0 spiro atoms. The van der Waals surface area contributed by atoms with Gasteiger partial charge in [0.25, 0.3) is 0 Å². The van der Waals surface area contributed by atoms with E-state index in [4.69, 9.17) is 0 Å². The van der Waals surface area contributed by atoms with E-state index in [2.05, 4.69) is 0 Å². The molecule has 2 atom stereocenters. The average molecular weight is 200 g/mol. The van der Waals surface area contributed by atoms with Crippen LogP contribution in [0.4, 0.5) is 0 Å². The van der Waals surface area contributed by atoms with Crippen molar-refractivity contribution in [2.45, 2.75) is 17.1 Å². The van der Waals surface area contributed by atoms with E-state index in [1.165, 1.54) is 0 Å². The van der Waals surface area contributed by atoms with Gasteiger partial charge in [-0.15, -0.1) is 0 Å². The van der Waals surface area contributed by atoms with E-state index in [0.29, 0.717) is 0 Å². The van der Waals surface area contributed by atoms with Crippen molar-refractivity contribution in [1.82, 2.24) is 0 Å². The first-order valence-electron chi connectivity index (χ1n) is 5.05. The van der Waals surface area contributed by atoms with Crippen molar-refractivity contribution < 1.29 is 10.2 Å². The highest BCUT2D eigenvalue weighted by molar-refractivity contribution is 5.54. The molecule has 76 valence electrons. The lowest BCUT2D eigenvalue weighted by molar-refractivity contribution is 0.0794. The highest BCUT2D eigenvalue weighted by atomic mass is 16.4. The molecule has 1 fully saturated rings. The first kappa shape index (κ1) is 8.89. The monoisotopic (exact) mass is 200 g/mol. The summed E-state index contributed by atoms with van der Waals surface area (Å²) in [7, 11) is 0. The molecule has 2 aliphatic carbocycles. The Morgan fingerprint density at radius 1 is 0.867 bits per heavy atom. The van der Waals surface area contributed by atoms with Crippen molar-refractivity contribution in [1.29, 1.82) is 0 Å². The van der Waals surface area contributed by atoms with E-state index in [1.54, 1.807) is 24.3 Å². The molecule has 2 heteroatoms. The summed E-state index contributed by atoms with van der Waals surface area (Å²) in [6.45, 7) is 0. The van der Waals surface area contributed by atoms with Crippen LogP contribution in [0, 0.1) is 0 Å². The highest BCUT2D eigenvalue weighted by Gasteiger charge is 2.74. The number of benzene rings is 1. The van der Waals surface area contributed by atoms with Gasteiger partial charge in [0.2, 0.25) is 0 Å². The smallest absolute Gasteiger partial charge is 0.126 e. The number of rotatable bonds is 1. The minimum Gasteiger partial charge on any atom is -0.382 e. The molecule has 0 radical (unpaired) electrons. The zero-order chi connectivity index (χ0) is 10.5. The molecule has 2 N–H and O–H groups in total. The van der Waals surface area contributed by atoms with Crippen molar-refractivity contribution in [3.05, 3.63) is 60.2 Å². The zero-order valence-electron chi connectivity index (χ0n) is 8.17. The molecule has 1 aromatic rings. The van der Waals surface area contributed by atoms with Gasteiger partial charge in [0.15, 0.2) is 0 Å². The molecule has 0 saturated heterocycles. The van der Waals surface area contributed by atoms with Gasteiger partial charge in [0, 0.05) is 0 Å². The van der Waals surface area contributed by atoms with E-state index >= 15 is 0 Å². The van der Waals surface area contributed by atoms with Crippen LogP contribution in [-0.2, 0) is 0 Å². The van der Waals surface area contributed by atoms with Gasteiger partial charge in [-0.05, 0) is 17.7 Å². The Kier molecular flexibility index (Phi) is 1.54. The van der Waals surface area contributed by atoms with Gasteiger partial charge in [-0.25, -0.2) is 0 Å². The van der Waals surface area contributed by atoms with Gasteiger partial charge in [-0.3, -0.25) is 0 Å². The number of aliphatic hydroxyl groups is 2. The molecule has 1 aromatic carbocycles. The topological polar surface area (TPSA) is 40.5 Å². The molecule has 0 amide bonds. The number of fused-ring (bicyclic) bond motifs is 1. The normalized spacial score (nSPS) is 41.3. The molecule has 0 bridgehead atoms. The maximum Gasteiger partial charge on any atom is 0.126 e. The molecule has 3 rings (SSSR count). The van der Waals surface area contributed by atoms with Crippen molar-refractivity contribution in [3.8, 4) is 0 Å². The van der Waals surface area contributed by atoms with Crippen LogP contribution in [0.3, 0.4) is 0 Å². The van der Waals surface area contributed by atoms with Crippen LogP contribution < -0.4 is 0 Å². The molecule has 0 heterocycles. The molecule has 1 saturated carbocycles. The van der Waals surface area contributed by atoms with Gasteiger partial charge >= 0.3 is 0 Å². The quantitative estimate of drug-likeness (QED) is 0.718. The summed E-state index contributed by atoms with van der Waals surface area (Å²) in [4.78, 5) is 0. The van der Waals surface area contributed by atoms with Gasteiger partial charge in [-0.1, -0.05) is 42.5 Å². The minimum absolute atomic E-state index is 0.235. The van der Waals surface area contributed by atoms with Crippen LogP contribution in [0.15, 0.2) is 54.6 Å². The van der Waals surface area contributed by atoms with Crippen molar-refractivity contribution in [2.75, 3.05) is 0 Å². The molecular weight excluding hydrogens is 188 g/mol. The minimum atomic E-state index is -1.11. The Morgan fingerprint density at radius 2 is 1.40 bits per heavy atom. The van der Waals surface area contributed by atoms with Gasteiger partial charge < -0.3 is 10.2 Å². The van der Waals surface area contributed by atoms with Crippen molar-refractivity contribution >= 4 is 0 Å². The van der Waals surface area contributed by atoms with Crippen LogP contribution in [0.5, 0.6) is 0 Å². The number of hydrogen-bond acceptors (Lipinski definition) is 2. The lowest BCUT2D eigenvalue weighted by Gasteiger charge is -2.10. The van der Waals surface area contributed by atoms with Crippen molar-refractivity contribution in [3.63, 3.8) is 0 Å². The Morgan fingerprint density at radius 3 is 1.93 bits per heavy atom. The van der Waals surface area contributed by atoms with E-state index in [0.717, 1.165) is 5.56 Å². The Balaban J connectivity index is 2.06. The fourth-order valence-corrected chi connectivity index (χ4v) is 2.51. The number of hydrogen-bond donors (Lipinski definition) is 2. The molecule has 0 aromatic heterocycles. The Labute approximate surface area is 88.2 Å². The summed E-state index contributed by atoms with van der Waals surface area (Å²) in [5.74, 6) is -0.235. The second-order valence-corrected chi connectivity index (χ2v) is 4.21. The predicted octanol–water partition coefficient (Wildman–Crippen LogP) is 1.37. The summed E-state index contributed by atoms with van der Waals surface area (Å²) in [6, 6.07) is 9.62. The van der Waals surface area contributed by atoms with E-state index < -0.39 is 11.2 Å². The second-order valence-electron chi connectivity index (χ2n) is 4.21. The van der Waals surface area contributed by atoms with Crippen LogP contribution >= 0.6 is 0 Å². The van der Waals surface area contributed by atoms with Crippen LogP contribution in [0.1, 0.15) is 11.5 Å². The summed E-state index contributed by atoms with van der Waals surface area (Å²) < 4.78 is 0. The SMILES string of the molecule is OC12C=CC=CC1(O)C2c1ccccc1. The number of allylic oxidation sites excluding steroid dienone is 2. The molecule has 15 heavy (non-hydrogen) atoms. The fourth-order valence-electron chi connectivity index (χ4n) is 2.51. The second kappa shape index (κ2) is 2.60. The van der Waals surface area contributed by atoms with E-state index in [1.807, 2.05) is 30.3 Å². The third kappa shape index (κ3) is 0.954. The van der Waals surface area contributed by atoms with Crippen molar-refractivity contribution in [2.24, 2.45) is 0 Å². The fraction of sp³-hybridized carbons (Fsp3) is 0.231. The largest absolute Gasteiger partial charge is 0.382 e. The lowest BCUT2D eigenvalue weighted by atomic mass is 10.1. The predicted molar refractivity (Wildman–Crippen MR) is 57.4 cm³/mol. The van der Waals surface area contributed by atoms with Gasteiger partial charge in [0.05, 0.1) is 5.92 Å². The summed E-state index contributed by atoms with van der Waals surface area (Å²) >= 11 is 0. The summed E-state index contributed by atoms with van der Waals surface area (Å²) in [5.41, 5.74) is -1.25. The van der Waals surface area contributed by atoms with Gasteiger partial charge in [0.1, 0.15) is 11.2 Å². The van der Waals surface area contributed by atoms with Gasteiger partial charge in [-0.2, -0.15) is 0 Å². The average Bonchev–Trinajstić information content (AvgIpc) is 2.77. The van der Waals surface area contributed by atoms with E-state index in [9.17, 15) is 10.2 Å². The Hall–Kier alpha value is -1.38. The molecular formula is C13H12O2. The van der Waals surface area contributed by atoms with E-state index in [-0.39, 0.29) is 5.92 Å². The van der Waals surface area contributed by atoms with Crippen LogP contribution in [0.2, 0.25) is 0 Å². The third-order valence-electron chi connectivity index (χ3n) is 3.38. The maximum absolute atomic E-state index is 10.2. The zero-order valence-corrected chi connectivity index (χ0v) is 8.17. The third-order valence-corrected chi connectivity index (χ3v) is 3.38. The summed E-state index contributed by atoms with van der Waals surface area (Å²) in [6.07, 6.45) is 6.89. The molecule has 2 nitrogen and oxygen atoms in total. The standard InChI is InChI=1S/C13H12O2/c14-12-8-4-5-9-13(12,15)11(12)10-6-2-1-3-7-10/h1-9,11,14-15H. The Bertz CT molecular complexity index is 425.